The van der Waals surface area contributed by atoms with E-state index in [2.05, 4.69) is 19.1 Å². The molecule has 1 saturated heterocycles. The third-order valence-corrected chi connectivity index (χ3v) is 4.18. The van der Waals surface area contributed by atoms with E-state index in [1.165, 1.54) is 5.56 Å². The summed E-state index contributed by atoms with van der Waals surface area (Å²) in [6, 6.07) is 8.14. The highest BCUT2D eigenvalue weighted by molar-refractivity contribution is 7.99. The van der Waals surface area contributed by atoms with E-state index in [4.69, 9.17) is 4.74 Å². The van der Waals surface area contributed by atoms with Crippen molar-refractivity contribution < 1.29 is 9.53 Å². The van der Waals surface area contributed by atoms with Crippen molar-refractivity contribution in [3.63, 3.8) is 0 Å². The maximum absolute atomic E-state index is 11.9. The molecule has 3 nitrogen and oxygen atoms in total. The fraction of sp³-hybridized carbons (Fsp3) is 0.562. The van der Waals surface area contributed by atoms with Gasteiger partial charge < -0.3 is 9.64 Å². The molecule has 1 amide bonds. The van der Waals surface area contributed by atoms with Gasteiger partial charge in [-0.25, -0.2) is 0 Å². The van der Waals surface area contributed by atoms with Gasteiger partial charge in [0.25, 0.3) is 0 Å². The van der Waals surface area contributed by atoms with Crippen LogP contribution in [0.1, 0.15) is 18.4 Å². The Balaban J connectivity index is 1.80. The van der Waals surface area contributed by atoms with Crippen LogP contribution in [-0.4, -0.2) is 42.5 Å². The van der Waals surface area contributed by atoms with Gasteiger partial charge in [0.15, 0.2) is 0 Å². The van der Waals surface area contributed by atoms with E-state index >= 15 is 0 Å². The normalized spacial score (nSPS) is 18.9. The van der Waals surface area contributed by atoms with E-state index in [1.54, 1.807) is 11.8 Å². The number of nitrogens with zero attached hydrogens (tertiary/aromatic N) is 1. The van der Waals surface area contributed by atoms with Crippen molar-refractivity contribution >= 4 is 17.7 Å². The van der Waals surface area contributed by atoms with Crippen LogP contribution in [0.15, 0.2) is 24.3 Å². The van der Waals surface area contributed by atoms with E-state index < -0.39 is 0 Å². The molecule has 1 aliphatic rings. The van der Waals surface area contributed by atoms with Crippen molar-refractivity contribution in [1.82, 2.24) is 4.90 Å². The molecule has 2 rings (SSSR count). The van der Waals surface area contributed by atoms with Crippen molar-refractivity contribution in [2.75, 3.05) is 31.7 Å². The number of rotatable bonds is 5. The Hall–Kier alpha value is -1.16. The summed E-state index contributed by atoms with van der Waals surface area (Å²) < 4.78 is 5.85. The van der Waals surface area contributed by atoms with Crippen LogP contribution in [0, 0.1) is 12.8 Å². The number of thioether (sulfide) groups is 1. The molecule has 0 aliphatic carbocycles. The smallest absolute Gasteiger partial charge is 0.232 e. The summed E-state index contributed by atoms with van der Waals surface area (Å²) in [4.78, 5) is 13.9. The second-order valence-corrected chi connectivity index (χ2v) is 6.27. The SMILES string of the molecule is CSCC(=O)N1CCCC(COc2ccc(C)cc2)C1. The first-order valence-electron chi connectivity index (χ1n) is 7.15. The van der Waals surface area contributed by atoms with Gasteiger partial charge in [0, 0.05) is 19.0 Å². The molecule has 1 atom stereocenters. The number of aryl methyl sites for hydroxylation is 1. The number of piperidine rings is 1. The molecule has 1 aromatic carbocycles. The minimum absolute atomic E-state index is 0.262. The van der Waals surface area contributed by atoms with E-state index in [-0.39, 0.29) is 5.91 Å². The zero-order valence-corrected chi connectivity index (χ0v) is 13.1. The van der Waals surface area contributed by atoms with E-state index in [1.807, 2.05) is 23.3 Å². The van der Waals surface area contributed by atoms with Crippen LogP contribution in [0.3, 0.4) is 0 Å². The second kappa shape index (κ2) is 7.58. The van der Waals surface area contributed by atoms with Crippen LogP contribution in [0.2, 0.25) is 0 Å². The Morgan fingerprint density at radius 3 is 2.85 bits per heavy atom. The molecule has 1 fully saturated rings. The van der Waals surface area contributed by atoms with Crippen molar-refractivity contribution in [2.24, 2.45) is 5.92 Å². The molecule has 0 aromatic heterocycles. The fourth-order valence-electron chi connectivity index (χ4n) is 2.49. The summed E-state index contributed by atoms with van der Waals surface area (Å²) >= 11 is 1.59. The number of likely N-dealkylation sites (tertiary alicyclic amines) is 1. The lowest BCUT2D eigenvalue weighted by atomic mass is 9.99. The Bertz CT molecular complexity index is 433. The molecule has 110 valence electrons. The first kappa shape index (κ1) is 15.2. The van der Waals surface area contributed by atoms with Crippen molar-refractivity contribution in [2.45, 2.75) is 19.8 Å². The van der Waals surface area contributed by atoms with Gasteiger partial charge in [-0.15, -0.1) is 0 Å². The largest absolute Gasteiger partial charge is 0.493 e. The summed E-state index contributed by atoms with van der Waals surface area (Å²) in [6.07, 6.45) is 4.21. The Morgan fingerprint density at radius 2 is 2.15 bits per heavy atom. The average Bonchev–Trinajstić information content (AvgIpc) is 2.47. The predicted octanol–water partition coefficient (Wildman–Crippen LogP) is 2.98. The lowest BCUT2D eigenvalue weighted by molar-refractivity contribution is -0.130. The molecule has 0 radical (unpaired) electrons. The predicted molar refractivity (Wildman–Crippen MR) is 84.4 cm³/mol. The number of carbonyl (C=O) groups excluding carboxylic acids is 1. The van der Waals surface area contributed by atoms with Gasteiger partial charge in [-0.1, -0.05) is 17.7 Å². The van der Waals surface area contributed by atoms with Crippen LogP contribution < -0.4 is 4.74 Å². The molecule has 20 heavy (non-hydrogen) atoms. The Labute approximate surface area is 125 Å². The molecule has 0 saturated carbocycles. The quantitative estimate of drug-likeness (QED) is 0.836. The number of carbonyl (C=O) groups is 1. The van der Waals surface area contributed by atoms with Gasteiger partial charge in [0.05, 0.1) is 12.4 Å². The Kier molecular flexibility index (Phi) is 5.77. The summed E-state index contributed by atoms with van der Waals surface area (Å²) in [5.74, 6) is 2.22. The average molecular weight is 293 g/mol. The monoisotopic (exact) mass is 293 g/mol. The molecule has 1 unspecified atom stereocenters. The molecule has 1 aliphatic heterocycles. The highest BCUT2D eigenvalue weighted by Gasteiger charge is 2.23. The highest BCUT2D eigenvalue weighted by Crippen LogP contribution is 2.19. The molecule has 1 heterocycles. The summed E-state index contributed by atoms with van der Waals surface area (Å²) in [5.41, 5.74) is 1.24. The molecule has 1 aromatic rings. The minimum Gasteiger partial charge on any atom is -0.493 e. The number of hydrogen-bond acceptors (Lipinski definition) is 3. The second-order valence-electron chi connectivity index (χ2n) is 5.41. The van der Waals surface area contributed by atoms with Gasteiger partial charge in [-0.3, -0.25) is 4.79 Å². The van der Waals surface area contributed by atoms with Gasteiger partial charge in [0.2, 0.25) is 5.91 Å². The van der Waals surface area contributed by atoms with Gasteiger partial charge in [-0.05, 0) is 38.2 Å². The standard InChI is InChI=1S/C16H23NO2S/c1-13-5-7-15(8-6-13)19-11-14-4-3-9-17(10-14)16(18)12-20-2/h5-8,14H,3-4,9-12H2,1-2H3. The third-order valence-electron chi connectivity index (χ3n) is 3.65. The maximum atomic E-state index is 11.9. The molecule has 0 bridgehead atoms. The number of amides is 1. The van der Waals surface area contributed by atoms with Crippen LogP contribution in [0.25, 0.3) is 0 Å². The van der Waals surface area contributed by atoms with E-state index in [9.17, 15) is 4.79 Å². The zero-order valence-electron chi connectivity index (χ0n) is 12.3. The highest BCUT2D eigenvalue weighted by atomic mass is 32.2. The number of ether oxygens (including phenoxy) is 1. The van der Waals surface area contributed by atoms with Crippen molar-refractivity contribution in [3.05, 3.63) is 29.8 Å². The lowest BCUT2D eigenvalue weighted by Crippen LogP contribution is -2.42. The number of benzene rings is 1. The lowest BCUT2D eigenvalue weighted by Gasteiger charge is -2.32. The summed E-state index contributed by atoms with van der Waals surface area (Å²) in [6.45, 7) is 4.51. The molecular formula is C16H23NO2S. The Morgan fingerprint density at radius 1 is 1.40 bits per heavy atom. The molecule has 0 N–H and O–H groups in total. The summed E-state index contributed by atoms with van der Waals surface area (Å²) in [5, 5.41) is 0. The van der Waals surface area contributed by atoms with E-state index in [0.29, 0.717) is 18.3 Å². The van der Waals surface area contributed by atoms with Gasteiger partial charge >= 0.3 is 0 Å². The van der Waals surface area contributed by atoms with Crippen LogP contribution >= 0.6 is 11.8 Å². The van der Waals surface area contributed by atoms with E-state index in [0.717, 1.165) is 31.7 Å². The topological polar surface area (TPSA) is 29.5 Å². The van der Waals surface area contributed by atoms with Gasteiger partial charge in [-0.2, -0.15) is 11.8 Å². The fourth-order valence-corrected chi connectivity index (χ4v) is 2.92. The van der Waals surface area contributed by atoms with Gasteiger partial charge in [0.1, 0.15) is 5.75 Å². The van der Waals surface area contributed by atoms with Crippen LogP contribution in [0.4, 0.5) is 0 Å². The molecule has 0 spiro atoms. The first-order valence-corrected chi connectivity index (χ1v) is 8.54. The molecule has 4 heteroatoms. The van der Waals surface area contributed by atoms with Crippen LogP contribution in [-0.2, 0) is 4.79 Å². The number of hydrogen-bond donors (Lipinski definition) is 0. The maximum Gasteiger partial charge on any atom is 0.232 e. The minimum atomic E-state index is 0.262. The third kappa shape index (κ3) is 4.44. The van der Waals surface area contributed by atoms with Crippen molar-refractivity contribution in [1.29, 1.82) is 0 Å². The molecular weight excluding hydrogens is 270 g/mol. The summed E-state index contributed by atoms with van der Waals surface area (Å²) in [7, 11) is 0. The van der Waals surface area contributed by atoms with Crippen LogP contribution in [0.5, 0.6) is 5.75 Å². The van der Waals surface area contributed by atoms with Crippen molar-refractivity contribution in [3.8, 4) is 5.75 Å². The zero-order chi connectivity index (χ0) is 14.4. The first-order chi connectivity index (χ1) is 9.69.